The standard InChI is InChI=1S/C22H30N2O/c1-16(2)18-11-12-21(25-3)20(14-18)15-19-10-7-13-24(23)22(19)17-8-5-4-6-9-17/h4-6,8-9,11-12,14,16,19,22H,7,10,13,15,23H2,1-3H3/t19-,22+/m0/s1. The highest BCUT2D eigenvalue weighted by atomic mass is 16.5. The Kier molecular flexibility index (Phi) is 5.77. The Hall–Kier alpha value is -1.84. The predicted octanol–water partition coefficient (Wildman–Crippen LogP) is 4.69. The van der Waals surface area contributed by atoms with Crippen molar-refractivity contribution < 1.29 is 4.74 Å². The predicted molar refractivity (Wildman–Crippen MR) is 104 cm³/mol. The Morgan fingerprint density at radius 1 is 1.16 bits per heavy atom. The average Bonchev–Trinajstić information content (AvgIpc) is 2.62. The van der Waals surface area contributed by atoms with E-state index in [2.05, 4.69) is 62.4 Å². The molecule has 0 radical (unpaired) electrons. The fraction of sp³-hybridized carbons (Fsp3) is 0.455. The van der Waals surface area contributed by atoms with Crippen LogP contribution in [0.3, 0.4) is 0 Å². The third kappa shape index (κ3) is 4.05. The SMILES string of the molecule is COc1ccc(C(C)C)cc1C[C@@H]1CCCN(N)[C@@H]1c1ccccc1. The molecule has 0 aliphatic carbocycles. The Morgan fingerprint density at radius 3 is 2.60 bits per heavy atom. The monoisotopic (exact) mass is 338 g/mol. The molecule has 134 valence electrons. The minimum absolute atomic E-state index is 0.266. The number of benzene rings is 2. The topological polar surface area (TPSA) is 38.5 Å². The van der Waals surface area contributed by atoms with Crippen LogP contribution in [0.15, 0.2) is 48.5 Å². The molecule has 2 aromatic rings. The second-order valence-corrected chi connectivity index (χ2v) is 7.43. The molecule has 3 nitrogen and oxygen atoms in total. The normalized spacial score (nSPS) is 21.5. The number of methoxy groups -OCH3 is 1. The number of rotatable bonds is 5. The summed E-state index contributed by atoms with van der Waals surface area (Å²) in [6, 6.07) is 17.6. The van der Waals surface area contributed by atoms with Crippen LogP contribution in [0.1, 0.15) is 55.3 Å². The van der Waals surface area contributed by atoms with Crippen molar-refractivity contribution >= 4 is 0 Å². The van der Waals surface area contributed by atoms with Gasteiger partial charge in [0.15, 0.2) is 0 Å². The quantitative estimate of drug-likeness (QED) is 0.804. The largest absolute Gasteiger partial charge is 0.496 e. The van der Waals surface area contributed by atoms with Gasteiger partial charge in [0.2, 0.25) is 0 Å². The number of hydrazine groups is 1. The Labute approximate surface area is 151 Å². The molecule has 2 N–H and O–H groups in total. The summed E-state index contributed by atoms with van der Waals surface area (Å²) in [5.41, 5.74) is 3.98. The van der Waals surface area contributed by atoms with Crippen molar-refractivity contribution in [1.29, 1.82) is 0 Å². The molecule has 0 amide bonds. The van der Waals surface area contributed by atoms with Crippen molar-refractivity contribution in [3.05, 3.63) is 65.2 Å². The van der Waals surface area contributed by atoms with E-state index >= 15 is 0 Å². The summed E-state index contributed by atoms with van der Waals surface area (Å²) in [6.45, 7) is 5.43. The first-order valence-corrected chi connectivity index (χ1v) is 9.33. The van der Waals surface area contributed by atoms with Gasteiger partial charge in [-0.2, -0.15) is 0 Å². The van der Waals surface area contributed by atoms with E-state index in [9.17, 15) is 0 Å². The van der Waals surface area contributed by atoms with E-state index in [1.807, 2.05) is 5.01 Å². The van der Waals surface area contributed by atoms with Crippen LogP contribution < -0.4 is 10.6 Å². The molecule has 1 saturated heterocycles. The van der Waals surface area contributed by atoms with E-state index in [0.29, 0.717) is 11.8 Å². The minimum Gasteiger partial charge on any atom is -0.496 e. The molecular weight excluding hydrogens is 308 g/mol. The van der Waals surface area contributed by atoms with Crippen LogP contribution in [0.25, 0.3) is 0 Å². The molecule has 0 saturated carbocycles. The maximum absolute atomic E-state index is 6.41. The van der Waals surface area contributed by atoms with Gasteiger partial charge in [-0.1, -0.05) is 56.3 Å². The third-order valence-electron chi connectivity index (χ3n) is 5.39. The molecule has 1 aliphatic heterocycles. The molecule has 1 aliphatic rings. The van der Waals surface area contributed by atoms with Crippen molar-refractivity contribution in [3.63, 3.8) is 0 Å². The van der Waals surface area contributed by atoms with Gasteiger partial charge in [-0.25, -0.2) is 5.01 Å². The van der Waals surface area contributed by atoms with Crippen molar-refractivity contribution in [3.8, 4) is 5.75 Å². The van der Waals surface area contributed by atoms with Crippen LogP contribution in [0.4, 0.5) is 0 Å². The molecular formula is C22H30N2O. The number of hydrogen-bond acceptors (Lipinski definition) is 3. The van der Waals surface area contributed by atoms with E-state index in [0.717, 1.165) is 25.1 Å². The molecule has 3 rings (SSSR count). The van der Waals surface area contributed by atoms with Crippen LogP contribution in [0.2, 0.25) is 0 Å². The zero-order valence-electron chi connectivity index (χ0n) is 15.6. The van der Waals surface area contributed by atoms with Crippen molar-refractivity contribution in [2.45, 2.75) is 45.1 Å². The molecule has 3 heteroatoms. The highest BCUT2D eigenvalue weighted by Crippen LogP contribution is 2.38. The third-order valence-corrected chi connectivity index (χ3v) is 5.39. The molecule has 1 heterocycles. The van der Waals surface area contributed by atoms with Gasteiger partial charge in [0, 0.05) is 6.54 Å². The van der Waals surface area contributed by atoms with Crippen LogP contribution in [0, 0.1) is 5.92 Å². The highest BCUT2D eigenvalue weighted by molar-refractivity contribution is 5.39. The van der Waals surface area contributed by atoms with E-state index in [-0.39, 0.29) is 6.04 Å². The number of piperidine rings is 1. The summed E-state index contributed by atoms with van der Waals surface area (Å²) in [5.74, 6) is 8.41. The average molecular weight is 338 g/mol. The van der Waals surface area contributed by atoms with E-state index in [4.69, 9.17) is 10.6 Å². The Balaban J connectivity index is 1.90. The van der Waals surface area contributed by atoms with Gasteiger partial charge in [-0.05, 0) is 53.9 Å². The van der Waals surface area contributed by atoms with Crippen LogP contribution in [0.5, 0.6) is 5.75 Å². The lowest BCUT2D eigenvalue weighted by Crippen LogP contribution is -2.44. The summed E-state index contributed by atoms with van der Waals surface area (Å²) < 4.78 is 5.64. The van der Waals surface area contributed by atoms with Gasteiger partial charge < -0.3 is 4.74 Å². The second-order valence-electron chi connectivity index (χ2n) is 7.43. The summed E-state index contributed by atoms with van der Waals surface area (Å²) in [6.07, 6.45) is 3.34. The smallest absolute Gasteiger partial charge is 0.122 e. The van der Waals surface area contributed by atoms with Crippen LogP contribution in [-0.4, -0.2) is 18.7 Å². The number of ether oxygens (including phenoxy) is 1. The maximum Gasteiger partial charge on any atom is 0.122 e. The Bertz CT molecular complexity index is 684. The van der Waals surface area contributed by atoms with Crippen LogP contribution in [-0.2, 0) is 6.42 Å². The zero-order valence-corrected chi connectivity index (χ0v) is 15.6. The fourth-order valence-electron chi connectivity index (χ4n) is 4.03. The molecule has 0 spiro atoms. The molecule has 0 unspecified atom stereocenters. The van der Waals surface area contributed by atoms with Crippen LogP contribution >= 0.6 is 0 Å². The van der Waals surface area contributed by atoms with E-state index in [1.54, 1.807) is 7.11 Å². The zero-order chi connectivity index (χ0) is 17.8. The van der Waals surface area contributed by atoms with E-state index < -0.39 is 0 Å². The number of hydrogen-bond donors (Lipinski definition) is 1. The summed E-state index contributed by atoms with van der Waals surface area (Å²) in [5, 5.41) is 2.03. The van der Waals surface area contributed by atoms with E-state index in [1.165, 1.54) is 23.1 Å². The lowest BCUT2D eigenvalue weighted by atomic mass is 9.81. The maximum atomic E-state index is 6.41. The van der Waals surface area contributed by atoms with Gasteiger partial charge in [-0.3, -0.25) is 5.84 Å². The molecule has 0 bridgehead atoms. The van der Waals surface area contributed by atoms with Crippen molar-refractivity contribution in [2.75, 3.05) is 13.7 Å². The summed E-state index contributed by atoms with van der Waals surface area (Å²) in [7, 11) is 1.76. The first-order chi connectivity index (χ1) is 12.1. The second kappa shape index (κ2) is 8.03. The molecule has 2 aromatic carbocycles. The van der Waals surface area contributed by atoms with Gasteiger partial charge in [-0.15, -0.1) is 0 Å². The lowest BCUT2D eigenvalue weighted by molar-refractivity contribution is 0.0923. The Morgan fingerprint density at radius 2 is 1.92 bits per heavy atom. The minimum atomic E-state index is 0.266. The highest BCUT2D eigenvalue weighted by Gasteiger charge is 2.31. The molecule has 2 atom stereocenters. The molecule has 25 heavy (non-hydrogen) atoms. The summed E-state index contributed by atoms with van der Waals surface area (Å²) >= 11 is 0. The number of nitrogens with two attached hydrogens (primary N) is 1. The molecule has 0 aromatic heterocycles. The van der Waals surface area contributed by atoms with Gasteiger partial charge in [0.1, 0.15) is 5.75 Å². The van der Waals surface area contributed by atoms with Gasteiger partial charge >= 0.3 is 0 Å². The van der Waals surface area contributed by atoms with Crippen molar-refractivity contribution in [1.82, 2.24) is 5.01 Å². The molecule has 1 fully saturated rings. The van der Waals surface area contributed by atoms with Crippen molar-refractivity contribution in [2.24, 2.45) is 11.8 Å². The van der Waals surface area contributed by atoms with Gasteiger partial charge in [0.25, 0.3) is 0 Å². The lowest BCUT2D eigenvalue weighted by Gasteiger charge is -2.39. The summed E-state index contributed by atoms with van der Waals surface area (Å²) in [4.78, 5) is 0. The fourth-order valence-corrected chi connectivity index (χ4v) is 4.03. The first kappa shape index (κ1) is 18.0. The number of nitrogens with zero attached hydrogens (tertiary/aromatic N) is 1. The van der Waals surface area contributed by atoms with Gasteiger partial charge in [0.05, 0.1) is 13.2 Å². The first-order valence-electron chi connectivity index (χ1n) is 9.33.